The Morgan fingerprint density at radius 3 is 2.44 bits per heavy atom. The van der Waals surface area contributed by atoms with Crippen LogP contribution in [0.2, 0.25) is 0 Å². The van der Waals surface area contributed by atoms with E-state index in [1.807, 2.05) is 20.8 Å². The molecule has 0 saturated heterocycles. The Morgan fingerprint density at radius 1 is 1.24 bits per heavy atom. The van der Waals surface area contributed by atoms with Crippen molar-refractivity contribution in [1.29, 1.82) is 0 Å². The summed E-state index contributed by atoms with van der Waals surface area (Å²) in [6.07, 6.45) is 0.0330. The zero-order valence-corrected chi connectivity index (χ0v) is 15.0. The minimum atomic E-state index is -4.54. The lowest BCUT2D eigenvalue weighted by molar-refractivity contribution is -0.139. The van der Waals surface area contributed by atoms with Gasteiger partial charge in [-0.15, -0.1) is 0 Å². The van der Waals surface area contributed by atoms with Crippen LogP contribution in [0.3, 0.4) is 0 Å². The number of anilines is 1. The van der Waals surface area contributed by atoms with Crippen molar-refractivity contribution in [2.45, 2.75) is 59.1 Å². The molecule has 1 aromatic rings. The molecular weight excluding hydrogens is 331 g/mol. The molecule has 0 unspecified atom stereocenters. The molecule has 0 radical (unpaired) electrons. The summed E-state index contributed by atoms with van der Waals surface area (Å²) in [5, 5.41) is 2.66. The van der Waals surface area contributed by atoms with E-state index in [0.29, 0.717) is 0 Å². The fourth-order valence-corrected chi connectivity index (χ4v) is 3.05. The van der Waals surface area contributed by atoms with Crippen LogP contribution in [0.4, 0.5) is 18.9 Å². The maximum atomic E-state index is 13.3. The van der Waals surface area contributed by atoms with Crippen LogP contribution in [0.5, 0.6) is 5.75 Å². The van der Waals surface area contributed by atoms with Gasteiger partial charge in [0.15, 0.2) is 0 Å². The van der Waals surface area contributed by atoms with E-state index in [0.717, 1.165) is 38.2 Å². The summed E-state index contributed by atoms with van der Waals surface area (Å²) in [5.41, 5.74) is -1.22. The van der Waals surface area contributed by atoms with Gasteiger partial charge in [0.1, 0.15) is 5.75 Å². The molecule has 2 rings (SSSR count). The number of benzene rings is 1. The number of amides is 1. The summed E-state index contributed by atoms with van der Waals surface area (Å²) in [6, 6.07) is 3.71. The van der Waals surface area contributed by atoms with Gasteiger partial charge < -0.3 is 10.1 Å². The lowest BCUT2D eigenvalue weighted by Gasteiger charge is -2.32. The maximum absolute atomic E-state index is 13.3. The van der Waals surface area contributed by atoms with Crippen molar-refractivity contribution in [2.75, 3.05) is 11.9 Å². The first-order valence-corrected chi connectivity index (χ1v) is 8.77. The molecule has 1 aliphatic carbocycles. The van der Waals surface area contributed by atoms with Crippen molar-refractivity contribution in [1.82, 2.24) is 0 Å². The average molecular weight is 357 g/mol. The topological polar surface area (TPSA) is 38.3 Å². The number of carbonyl (C=O) groups is 1. The van der Waals surface area contributed by atoms with Crippen molar-refractivity contribution < 1.29 is 22.7 Å². The van der Waals surface area contributed by atoms with Gasteiger partial charge in [-0.25, -0.2) is 0 Å². The van der Waals surface area contributed by atoms with Crippen LogP contribution in [0.25, 0.3) is 0 Å². The molecule has 6 heteroatoms. The van der Waals surface area contributed by atoms with Crippen molar-refractivity contribution in [2.24, 2.45) is 11.3 Å². The molecule has 0 spiro atoms. The van der Waals surface area contributed by atoms with Crippen molar-refractivity contribution in [3.05, 3.63) is 23.8 Å². The zero-order chi connectivity index (χ0) is 18.7. The van der Waals surface area contributed by atoms with Crippen molar-refractivity contribution in [3.8, 4) is 5.75 Å². The number of rotatable bonds is 5. The largest absolute Gasteiger partial charge is 0.493 e. The first-order valence-electron chi connectivity index (χ1n) is 8.77. The molecule has 1 amide bonds. The van der Waals surface area contributed by atoms with Gasteiger partial charge in [-0.3, -0.25) is 4.79 Å². The summed E-state index contributed by atoms with van der Waals surface area (Å²) >= 11 is 0. The molecule has 1 fully saturated rings. The second-order valence-electron chi connectivity index (χ2n) is 7.49. The highest BCUT2D eigenvalue weighted by atomic mass is 19.4. The Hall–Kier alpha value is -1.72. The standard InChI is InChI=1S/C19H26F3NO2/c1-13(2)12-25-16-8-7-14(11-15(16)19(20,21)22)23-17(24)18(3)9-5-4-6-10-18/h7-8,11,13H,4-6,9-10,12H2,1-3H3,(H,23,24). The number of ether oxygens (including phenoxy) is 1. The minimum Gasteiger partial charge on any atom is -0.493 e. The smallest absolute Gasteiger partial charge is 0.420 e. The van der Waals surface area contributed by atoms with E-state index in [1.54, 1.807) is 0 Å². The number of hydrogen-bond donors (Lipinski definition) is 1. The van der Waals surface area contributed by atoms with Crippen LogP contribution in [0, 0.1) is 11.3 Å². The Labute approximate surface area is 146 Å². The maximum Gasteiger partial charge on any atom is 0.420 e. The van der Waals surface area contributed by atoms with E-state index >= 15 is 0 Å². The normalized spacial score (nSPS) is 17.4. The number of nitrogens with one attached hydrogen (secondary N) is 1. The Morgan fingerprint density at radius 2 is 1.88 bits per heavy atom. The molecule has 1 saturated carbocycles. The predicted molar refractivity (Wildman–Crippen MR) is 91.6 cm³/mol. The summed E-state index contributed by atoms with van der Waals surface area (Å²) < 4.78 is 45.3. The minimum absolute atomic E-state index is 0.117. The second kappa shape index (κ2) is 7.67. The number of halogens is 3. The Balaban J connectivity index is 2.20. The monoisotopic (exact) mass is 357 g/mol. The van der Waals surface area contributed by atoms with E-state index in [-0.39, 0.29) is 29.9 Å². The molecule has 0 aliphatic heterocycles. The zero-order valence-electron chi connectivity index (χ0n) is 15.0. The second-order valence-corrected chi connectivity index (χ2v) is 7.49. The van der Waals surface area contributed by atoms with Gasteiger partial charge in [0, 0.05) is 11.1 Å². The third kappa shape index (κ3) is 5.13. The summed E-state index contributed by atoms with van der Waals surface area (Å²) in [5.74, 6) is -0.300. The first kappa shape index (κ1) is 19.6. The molecule has 0 atom stereocenters. The van der Waals surface area contributed by atoms with Crippen LogP contribution in [0.15, 0.2) is 18.2 Å². The van der Waals surface area contributed by atoms with E-state index in [1.165, 1.54) is 12.1 Å². The predicted octanol–water partition coefficient (Wildman–Crippen LogP) is 5.65. The molecule has 0 bridgehead atoms. The molecule has 140 valence electrons. The lowest BCUT2D eigenvalue weighted by Crippen LogP contribution is -2.35. The molecule has 1 aliphatic rings. The van der Waals surface area contributed by atoms with Crippen LogP contribution in [-0.4, -0.2) is 12.5 Å². The highest BCUT2D eigenvalue weighted by molar-refractivity contribution is 5.95. The van der Waals surface area contributed by atoms with Gasteiger partial charge in [0.25, 0.3) is 0 Å². The number of hydrogen-bond acceptors (Lipinski definition) is 2. The van der Waals surface area contributed by atoms with E-state index < -0.39 is 17.2 Å². The lowest BCUT2D eigenvalue weighted by atomic mass is 9.75. The highest BCUT2D eigenvalue weighted by Crippen LogP contribution is 2.40. The molecule has 0 heterocycles. The Bertz CT molecular complexity index is 605. The Kier molecular flexibility index (Phi) is 6.01. The van der Waals surface area contributed by atoms with Gasteiger partial charge in [-0.05, 0) is 37.0 Å². The number of carbonyl (C=O) groups excluding carboxylic acids is 1. The van der Waals surface area contributed by atoms with Gasteiger partial charge in [0.2, 0.25) is 5.91 Å². The molecule has 0 aromatic heterocycles. The molecule has 1 aromatic carbocycles. The van der Waals surface area contributed by atoms with Crippen molar-refractivity contribution in [3.63, 3.8) is 0 Å². The fraction of sp³-hybridized carbons (Fsp3) is 0.632. The van der Waals surface area contributed by atoms with Gasteiger partial charge >= 0.3 is 6.18 Å². The van der Waals surface area contributed by atoms with Crippen LogP contribution < -0.4 is 10.1 Å². The van der Waals surface area contributed by atoms with Gasteiger partial charge in [0.05, 0.1) is 12.2 Å². The first-order chi connectivity index (χ1) is 11.6. The molecule has 1 N–H and O–H groups in total. The molecule has 25 heavy (non-hydrogen) atoms. The fourth-order valence-electron chi connectivity index (χ4n) is 3.05. The SMILES string of the molecule is CC(C)COc1ccc(NC(=O)C2(C)CCCCC2)cc1C(F)(F)F. The van der Waals surface area contributed by atoms with E-state index in [2.05, 4.69) is 5.32 Å². The summed E-state index contributed by atoms with van der Waals surface area (Å²) in [6.45, 7) is 5.82. The van der Waals surface area contributed by atoms with E-state index in [4.69, 9.17) is 4.74 Å². The summed E-state index contributed by atoms with van der Waals surface area (Å²) in [4.78, 5) is 12.5. The average Bonchev–Trinajstić information content (AvgIpc) is 2.53. The third-order valence-corrected chi connectivity index (χ3v) is 4.62. The summed E-state index contributed by atoms with van der Waals surface area (Å²) in [7, 11) is 0. The molecule has 3 nitrogen and oxygen atoms in total. The van der Waals surface area contributed by atoms with E-state index in [9.17, 15) is 18.0 Å². The van der Waals surface area contributed by atoms with Gasteiger partial charge in [-0.2, -0.15) is 13.2 Å². The van der Waals surface area contributed by atoms with Crippen molar-refractivity contribution >= 4 is 11.6 Å². The highest BCUT2D eigenvalue weighted by Gasteiger charge is 2.37. The molecular formula is C19H26F3NO2. The third-order valence-electron chi connectivity index (χ3n) is 4.62. The number of alkyl halides is 3. The quantitative estimate of drug-likeness (QED) is 0.739. The van der Waals surface area contributed by atoms with Crippen LogP contribution in [0.1, 0.15) is 58.4 Å². The van der Waals surface area contributed by atoms with Crippen LogP contribution >= 0.6 is 0 Å². The van der Waals surface area contributed by atoms with Crippen LogP contribution in [-0.2, 0) is 11.0 Å². The van der Waals surface area contributed by atoms with Gasteiger partial charge in [-0.1, -0.05) is 40.0 Å².